The quantitative estimate of drug-likeness (QED) is 0.470. The number of aromatic nitrogens is 2. The Balaban J connectivity index is 1.41. The van der Waals surface area contributed by atoms with Gasteiger partial charge in [-0.3, -0.25) is 4.79 Å². The van der Waals surface area contributed by atoms with Gasteiger partial charge in [-0.15, -0.1) is 0 Å². The first-order chi connectivity index (χ1) is 15.5. The summed E-state index contributed by atoms with van der Waals surface area (Å²) in [6.07, 6.45) is 1.86. The molecule has 1 amide bonds. The predicted octanol–water partition coefficient (Wildman–Crippen LogP) is 3.51. The Bertz CT molecular complexity index is 1090. The van der Waals surface area contributed by atoms with Gasteiger partial charge >= 0.3 is 0 Å². The van der Waals surface area contributed by atoms with Crippen LogP contribution in [0.15, 0.2) is 48.5 Å². The molecule has 1 heterocycles. The van der Waals surface area contributed by atoms with Gasteiger partial charge in [0.25, 0.3) is 0 Å². The second-order valence-corrected chi connectivity index (χ2v) is 7.07. The second-order valence-electron chi connectivity index (χ2n) is 7.07. The highest BCUT2D eigenvalue weighted by atomic mass is 19.1. The molecule has 3 rings (SSSR count). The van der Waals surface area contributed by atoms with E-state index >= 15 is 0 Å². The van der Waals surface area contributed by atoms with Crippen LogP contribution in [0.1, 0.15) is 30.5 Å². The Hall–Kier alpha value is -3.93. The summed E-state index contributed by atoms with van der Waals surface area (Å²) in [5, 5.41) is 16.6. The van der Waals surface area contributed by atoms with E-state index in [0.717, 1.165) is 0 Å². The molecule has 0 saturated heterocycles. The van der Waals surface area contributed by atoms with Crippen molar-refractivity contribution in [2.24, 2.45) is 0 Å². The summed E-state index contributed by atoms with van der Waals surface area (Å²) in [5.74, 6) is -0.0650. The van der Waals surface area contributed by atoms with Crippen LogP contribution < -0.4 is 15.8 Å². The van der Waals surface area contributed by atoms with Crippen LogP contribution in [0.5, 0.6) is 5.75 Å². The molecule has 3 N–H and O–H groups in total. The average molecular weight is 439 g/mol. The molecule has 0 aliphatic rings. The van der Waals surface area contributed by atoms with Gasteiger partial charge in [-0.2, -0.15) is 10.4 Å². The Labute approximate surface area is 184 Å². The lowest BCUT2D eigenvalue weighted by Gasteiger charge is -2.07. The number of anilines is 1. The fourth-order valence-corrected chi connectivity index (χ4v) is 3.08. The van der Waals surface area contributed by atoms with Crippen molar-refractivity contribution < 1.29 is 18.3 Å². The molecular formula is C23H23F2N5O2. The van der Waals surface area contributed by atoms with Gasteiger partial charge in [0.15, 0.2) is 0 Å². The van der Waals surface area contributed by atoms with Crippen molar-refractivity contribution >= 4 is 11.7 Å². The number of nitrogens with zero attached hydrogens (tertiary/aromatic N) is 3. The van der Waals surface area contributed by atoms with E-state index in [1.807, 2.05) is 0 Å². The molecule has 0 unspecified atom stereocenters. The molecule has 0 bridgehead atoms. The lowest BCUT2D eigenvalue weighted by Crippen LogP contribution is -2.25. The van der Waals surface area contributed by atoms with Crippen molar-refractivity contribution in [3.63, 3.8) is 0 Å². The second kappa shape index (κ2) is 10.9. The summed E-state index contributed by atoms with van der Waals surface area (Å²) in [5.41, 5.74) is 7.40. The number of nitriles is 1. The minimum atomic E-state index is -0.377. The molecular weight excluding hydrogens is 416 g/mol. The maximum absolute atomic E-state index is 13.1. The number of hydrogen-bond acceptors (Lipinski definition) is 5. The first-order valence-corrected chi connectivity index (χ1v) is 10.2. The van der Waals surface area contributed by atoms with E-state index in [-0.39, 0.29) is 28.9 Å². The zero-order valence-corrected chi connectivity index (χ0v) is 17.4. The number of carbonyl (C=O) groups is 1. The Morgan fingerprint density at radius 3 is 2.41 bits per heavy atom. The number of ether oxygens (including phenoxy) is 1. The SMILES string of the molecule is N#Cc1c(CCCNC(=O)CCCOc2ccc(F)cc2)nn(-c2ccc(F)cc2)c1N. The van der Waals surface area contributed by atoms with Gasteiger partial charge in [-0.1, -0.05) is 0 Å². The number of nitrogens with one attached hydrogen (secondary N) is 1. The number of halogens is 2. The third kappa shape index (κ3) is 6.04. The van der Waals surface area contributed by atoms with Crippen molar-refractivity contribution in [2.45, 2.75) is 25.7 Å². The minimum absolute atomic E-state index is 0.107. The van der Waals surface area contributed by atoms with Crippen molar-refractivity contribution in [1.29, 1.82) is 5.26 Å². The van der Waals surface area contributed by atoms with Gasteiger partial charge in [0.05, 0.1) is 18.0 Å². The molecule has 32 heavy (non-hydrogen) atoms. The highest BCUT2D eigenvalue weighted by Crippen LogP contribution is 2.21. The summed E-state index contributed by atoms with van der Waals surface area (Å²) >= 11 is 0. The lowest BCUT2D eigenvalue weighted by molar-refractivity contribution is -0.121. The molecule has 0 spiro atoms. The molecule has 0 atom stereocenters. The fourth-order valence-electron chi connectivity index (χ4n) is 3.08. The minimum Gasteiger partial charge on any atom is -0.494 e. The highest BCUT2D eigenvalue weighted by Gasteiger charge is 2.16. The summed E-state index contributed by atoms with van der Waals surface area (Å²) in [4.78, 5) is 12.0. The Morgan fingerprint density at radius 2 is 1.75 bits per heavy atom. The van der Waals surface area contributed by atoms with E-state index in [9.17, 15) is 18.8 Å². The standard InChI is InChI=1S/C23H23F2N5O2/c24-16-5-9-18(10-6-16)30-23(27)20(15-26)21(29-30)3-1-13-28-22(31)4-2-14-32-19-11-7-17(25)8-12-19/h5-12H,1-4,13-14,27H2,(H,28,31). The molecule has 166 valence electrons. The number of hydrogen-bond donors (Lipinski definition) is 2. The smallest absolute Gasteiger partial charge is 0.220 e. The van der Waals surface area contributed by atoms with E-state index in [1.54, 1.807) is 0 Å². The van der Waals surface area contributed by atoms with E-state index in [4.69, 9.17) is 10.5 Å². The van der Waals surface area contributed by atoms with Crippen LogP contribution in [-0.4, -0.2) is 28.8 Å². The number of nitrogen functional groups attached to an aromatic ring is 1. The molecule has 9 heteroatoms. The number of aryl methyl sites for hydroxylation is 1. The van der Waals surface area contributed by atoms with Gasteiger partial charge in [-0.05, 0) is 67.8 Å². The summed E-state index contributed by atoms with van der Waals surface area (Å²) < 4.78 is 32.9. The first kappa shape index (κ1) is 22.7. The van der Waals surface area contributed by atoms with Crippen LogP contribution in [0, 0.1) is 23.0 Å². The number of benzene rings is 2. The number of rotatable bonds is 10. The molecule has 0 radical (unpaired) electrons. The first-order valence-electron chi connectivity index (χ1n) is 10.2. The monoisotopic (exact) mass is 439 g/mol. The van der Waals surface area contributed by atoms with Crippen LogP contribution in [0.4, 0.5) is 14.6 Å². The molecule has 0 fully saturated rings. The third-order valence-electron chi connectivity index (χ3n) is 4.72. The van der Waals surface area contributed by atoms with E-state index in [0.29, 0.717) is 56.0 Å². The van der Waals surface area contributed by atoms with Crippen molar-refractivity contribution in [1.82, 2.24) is 15.1 Å². The van der Waals surface area contributed by atoms with Crippen molar-refractivity contribution in [3.05, 3.63) is 71.4 Å². The van der Waals surface area contributed by atoms with Gasteiger partial charge in [-0.25, -0.2) is 13.5 Å². The highest BCUT2D eigenvalue weighted by molar-refractivity contribution is 5.75. The summed E-state index contributed by atoms with van der Waals surface area (Å²) in [6.45, 7) is 0.774. The van der Waals surface area contributed by atoms with Crippen LogP contribution in [-0.2, 0) is 11.2 Å². The third-order valence-corrected chi connectivity index (χ3v) is 4.72. The number of amides is 1. The number of carbonyl (C=O) groups excluding carboxylic acids is 1. The normalized spacial score (nSPS) is 10.5. The van der Waals surface area contributed by atoms with E-state index in [1.165, 1.54) is 53.2 Å². The molecule has 0 saturated carbocycles. The molecule has 0 aliphatic heterocycles. The lowest BCUT2D eigenvalue weighted by atomic mass is 10.1. The average Bonchev–Trinajstić information content (AvgIpc) is 3.11. The van der Waals surface area contributed by atoms with Gasteiger partial charge in [0.1, 0.15) is 34.8 Å². The van der Waals surface area contributed by atoms with Crippen LogP contribution in [0.25, 0.3) is 5.69 Å². The van der Waals surface area contributed by atoms with Gasteiger partial charge in [0, 0.05) is 13.0 Å². The predicted molar refractivity (Wildman–Crippen MR) is 115 cm³/mol. The molecule has 7 nitrogen and oxygen atoms in total. The van der Waals surface area contributed by atoms with Crippen molar-refractivity contribution in [2.75, 3.05) is 18.9 Å². The largest absolute Gasteiger partial charge is 0.494 e. The van der Waals surface area contributed by atoms with Crippen molar-refractivity contribution in [3.8, 4) is 17.5 Å². The summed E-state index contributed by atoms with van der Waals surface area (Å²) in [7, 11) is 0. The fraction of sp³-hybridized carbons (Fsp3) is 0.261. The summed E-state index contributed by atoms with van der Waals surface area (Å²) in [6, 6.07) is 13.4. The zero-order chi connectivity index (χ0) is 22.9. The molecule has 2 aromatic carbocycles. The van der Waals surface area contributed by atoms with Crippen LogP contribution in [0.2, 0.25) is 0 Å². The van der Waals surface area contributed by atoms with E-state index < -0.39 is 0 Å². The maximum atomic E-state index is 13.1. The Morgan fingerprint density at radius 1 is 1.09 bits per heavy atom. The maximum Gasteiger partial charge on any atom is 0.220 e. The topological polar surface area (TPSA) is 106 Å². The molecule has 3 aromatic rings. The van der Waals surface area contributed by atoms with E-state index in [2.05, 4.69) is 16.5 Å². The molecule has 0 aliphatic carbocycles. The number of nitrogens with two attached hydrogens (primary N) is 1. The molecule has 1 aromatic heterocycles. The van der Waals surface area contributed by atoms with Crippen LogP contribution in [0.3, 0.4) is 0 Å². The zero-order valence-electron chi connectivity index (χ0n) is 17.4. The van der Waals surface area contributed by atoms with Crippen LogP contribution >= 0.6 is 0 Å². The van der Waals surface area contributed by atoms with Gasteiger partial charge < -0.3 is 15.8 Å². The van der Waals surface area contributed by atoms with Gasteiger partial charge in [0.2, 0.25) is 5.91 Å². The Kier molecular flexibility index (Phi) is 7.75.